The molecule has 0 radical (unpaired) electrons. The van der Waals surface area contributed by atoms with Gasteiger partial charge in [0.05, 0.1) is 0 Å². The molecule has 5 heteroatoms. The van der Waals surface area contributed by atoms with Gasteiger partial charge in [0.15, 0.2) is 11.3 Å². The van der Waals surface area contributed by atoms with Crippen molar-refractivity contribution in [1.82, 2.24) is 19.9 Å². The first-order chi connectivity index (χ1) is 7.81. The fourth-order valence-electron chi connectivity index (χ4n) is 1.28. The lowest BCUT2D eigenvalue weighted by atomic mass is 10.4. The molecule has 0 aliphatic carbocycles. The van der Waals surface area contributed by atoms with Crippen molar-refractivity contribution < 1.29 is 4.79 Å². The summed E-state index contributed by atoms with van der Waals surface area (Å²) >= 11 is 0. The molecule has 0 aliphatic rings. The normalized spacial score (nSPS) is 9.94. The highest BCUT2D eigenvalue weighted by atomic mass is 16.1. The minimum absolute atomic E-state index is 0.235. The molecule has 16 heavy (non-hydrogen) atoms. The summed E-state index contributed by atoms with van der Waals surface area (Å²) in [6.07, 6.45) is 8.98. The second-order valence-electron chi connectivity index (χ2n) is 3.16. The van der Waals surface area contributed by atoms with Gasteiger partial charge in [0.2, 0.25) is 0 Å². The third-order valence-corrected chi connectivity index (χ3v) is 2.02. The summed E-state index contributed by atoms with van der Waals surface area (Å²) in [4.78, 5) is 15.7. The average Bonchev–Trinajstić information content (AvgIpc) is 2.73. The van der Waals surface area contributed by atoms with E-state index in [1.807, 2.05) is 0 Å². The molecule has 0 unspecified atom stereocenters. The van der Waals surface area contributed by atoms with Crippen molar-refractivity contribution in [2.45, 2.75) is 6.42 Å². The van der Waals surface area contributed by atoms with Crippen LogP contribution in [0.3, 0.4) is 0 Å². The molecule has 2 heterocycles. The molecule has 1 amide bonds. The van der Waals surface area contributed by atoms with Gasteiger partial charge in [-0.05, 0) is 6.07 Å². The van der Waals surface area contributed by atoms with Crippen LogP contribution in [0.15, 0.2) is 24.5 Å². The van der Waals surface area contributed by atoms with E-state index in [-0.39, 0.29) is 5.91 Å². The zero-order valence-corrected chi connectivity index (χ0v) is 8.55. The van der Waals surface area contributed by atoms with Crippen LogP contribution in [0.2, 0.25) is 0 Å². The Morgan fingerprint density at radius 1 is 1.62 bits per heavy atom. The monoisotopic (exact) mass is 214 g/mol. The Bertz CT molecular complexity index is 519. The number of amides is 1. The van der Waals surface area contributed by atoms with Crippen LogP contribution in [0, 0.1) is 12.3 Å². The summed E-state index contributed by atoms with van der Waals surface area (Å²) in [6.45, 7) is 0.455. The van der Waals surface area contributed by atoms with Crippen molar-refractivity contribution in [3.63, 3.8) is 0 Å². The molecule has 0 saturated heterocycles. The van der Waals surface area contributed by atoms with E-state index in [2.05, 4.69) is 21.3 Å². The van der Waals surface area contributed by atoms with Crippen LogP contribution >= 0.6 is 0 Å². The predicted molar refractivity (Wildman–Crippen MR) is 58.8 cm³/mol. The number of carbonyl (C=O) groups excluding carboxylic acids is 1. The molecule has 2 aromatic heterocycles. The van der Waals surface area contributed by atoms with E-state index in [1.165, 1.54) is 0 Å². The Morgan fingerprint density at radius 3 is 3.25 bits per heavy atom. The van der Waals surface area contributed by atoms with Gasteiger partial charge in [-0.15, -0.1) is 12.3 Å². The van der Waals surface area contributed by atoms with Gasteiger partial charge in [-0.25, -0.2) is 9.50 Å². The third-order valence-electron chi connectivity index (χ3n) is 2.02. The highest BCUT2D eigenvalue weighted by Crippen LogP contribution is 2.02. The minimum Gasteiger partial charge on any atom is -0.350 e. The lowest BCUT2D eigenvalue weighted by molar-refractivity contribution is 0.0949. The molecule has 0 atom stereocenters. The van der Waals surface area contributed by atoms with Crippen LogP contribution < -0.4 is 5.32 Å². The summed E-state index contributed by atoms with van der Waals surface area (Å²) < 4.78 is 1.55. The van der Waals surface area contributed by atoms with Crippen LogP contribution in [-0.4, -0.2) is 27.0 Å². The average molecular weight is 214 g/mol. The van der Waals surface area contributed by atoms with Gasteiger partial charge in [-0.1, -0.05) is 0 Å². The van der Waals surface area contributed by atoms with Crippen LogP contribution in [0.1, 0.15) is 16.9 Å². The quantitative estimate of drug-likeness (QED) is 0.597. The molecular formula is C11H10N4O. The van der Waals surface area contributed by atoms with E-state index < -0.39 is 0 Å². The summed E-state index contributed by atoms with van der Waals surface area (Å²) in [6, 6.07) is 3.38. The maximum Gasteiger partial charge on any atom is 0.271 e. The molecule has 0 bridgehead atoms. The molecule has 0 aromatic carbocycles. The Labute approximate surface area is 92.5 Å². The maximum atomic E-state index is 11.6. The first kappa shape index (κ1) is 10.2. The number of aromatic nitrogens is 3. The Kier molecular flexibility index (Phi) is 2.83. The highest BCUT2D eigenvalue weighted by molar-refractivity contribution is 5.93. The molecule has 0 saturated carbocycles. The van der Waals surface area contributed by atoms with E-state index in [0.717, 1.165) is 0 Å². The van der Waals surface area contributed by atoms with E-state index in [4.69, 9.17) is 6.42 Å². The van der Waals surface area contributed by atoms with Gasteiger partial charge in [-0.3, -0.25) is 4.79 Å². The molecule has 1 N–H and O–H groups in total. The second-order valence-corrected chi connectivity index (χ2v) is 3.16. The molecule has 0 aliphatic heterocycles. The molecule has 2 aromatic rings. The predicted octanol–water partition coefficient (Wildman–Crippen LogP) is 0.482. The van der Waals surface area contributed by atoms with Gasteiger partial charge < -0.3 is 5.32 Å². The second kappa shape index (κ2) is 4.45. The van der Waals surface area contributed by atoms with Crippen LogP contribution in [0.25, 0.3) is 5.65 Å². The van der Waals surface area contributed by atoms with E-state index in [9.17, 15) is 4.79 Å². The third kappa shape index (κ3) is 2.01. The fourth-order valence-corrected chi connectivity index (χ4v) is 1.28. The number of nitrogens with one attached hydrogen (secondary N) is 1. The summed E-state index contributed by atoms with van der Waals surface area (Å²) in [7, 11) is 0. The van der Waals surface area contributed by atoms with Crippen LogP contribution in [0.4, 0.5) is 0 Å². The Balaban J connectivity index is 2.14. The van der Waals surface area contributed by atoms with Gasteiger partial charge >= 0.3 is 0 Å². The fraction of sp³-hybridized carbons (Fsp3) is 0.182. The first-order valence-electron chi connectivity index (χ1n) is 4.83. The van der Waals surface area contributed by atoms with Crippen molar-refractivity contribution in [1.29, 1.82) is 0 Å². The van der Waals surface area contributed by atoms with Crippen molar-refractivity contribution in [3.05, 3.63) is 30.2 Å². The number of fused-ring (bicyclic) bond motifs is 1. The maximum absolute atomic E-state index is 11.6. The van der Waals surface area contributed by atoms with Crippen molar-refractivity contribution in [3.8, 4) is 12.3 Å². The molecular weight excluding hydrogens is 204 g/mol. The van der Waals surface area contributed by atoms with Gasteiger partial charge in [-0.2, -0.15) is 5.10 Å². The van der Waals surface area contributed by atoms with Gasteiger partial charge in [0, 0.05) is 31.4 Å². The van der Waals surface area contributed by atoms with Gasteiger partial charge in [0.1, 0.15) is 0 Å². The minimum atomic E-state index is -0.235. The number of hydrogen-bond donors (Lipinski definition) is 1. The summed E-state index contributed by atoms with van der Waals surface area (Å²) in [5.41, 5.74) is 0.986. The zero-order valence-electron chi connectivity index (χ0n) is 8.55. The standard InChI is InChI=1S/C11H10N4O/c1-2-3-5-13-11(16)9-8-10-12-6-4-7-15(10)14-9/h1,4,6-8H,3,5H2,(H,13,16). The molecule has 5 nitrogen and oxygen atoms in total. The summed E-state index contributed by atoms with van der Waals surface area (Å²) in [5, 5.41) is 6.76. The Hall–Kier alpha value is -2.35. The topological polar surface area (TPSA) is 59.3 Å². The van der Waals surface area contributed by atoms with Crippen molar-refractivity contribution >= 4 is 11.6 Å². The van der Waals surface area contributed by atoms with E-state index >= 15 is 0 Å². The SMILES string of the molecule is C#CCCNC(=O)c1cc2ncccn2n1. The van der Waals surface area contributed by atoms with Crippen LogP contribution in [-0.2, 0) is 0 Å². The smallest absolute Gasteiger partial charge is 0.271 e. The van der Waals surface area contributed by atoms with E-state index in [0.29, 0.717) is 24.3 Å². The van der Waals surface area contributed by atoms with Crippen molar-refractivity contribution in [2.75, 3.05) is 6.54 Å². The number of hydrogen-bond acceptors (Lipinski definition) is 3. The lowest BCUT2D eigenvalue weighted by Gasteiger charge is -1.97. The number of rotatable bonds is 3. The first-order valence-corrected chi connectivity index (χ1v) is 4.83. The number of carbonyl (C=O) groups is 1. The highest BCUT2D eigenvalue weighted by Gasteiger charge is 2.09. The van der Waals surface area contributed by atoms with Crippen LogP contribution in [0.5, 0.6) is 0 Å². The number of terminal acetylenes is 1. The molecule has 0 spiro atoms. The number of nitrogens with zero attached hydrogens (tertiary/aromatic N) is 3. The Morgan fingerprint density at radius 2 is 2.50 bits per heavy atom. The lowest BCUT2D eigenvalue weighted by Crippen LogP contribution is -2.24. The van der Waals surface area contributed by atoms with E-state index in [1.54, 1.807) is 29.0 Å². The molecule has 0 fully saturated rings. The summed E-state index contributed by atoms with van der Waals surface area (Å²) in [5.74, 6) is 2.21. The van der Waals surface area contributed by atoms with Crippen molar-refractivity contribution in [2.24, 2.45) is 0 Å². The zero-order chi connectivity index (χ0) is 11.4. The molecule has 2 rings (SSSR count). The van der Waals surface area contributed by atoms with Gasteiger partial charge in [0.25, 0.3) is 5.91 Å². The largest absolute Gasteiger partial charge is 0.350 e. The molecule has 80 valence electrons.